The lowest BCUT2D eigenvalue weighted by atomic mass is 10.0. The van der Waals surface area contributed by atoms with Crippen molar-refractivity contribution in [2.45, 2.75) is 62.7 Å². The Kier molecular flexibility index (Phi) is 2.87. The Balaban J connectivity index is 1.53. The summed E-state index contributed by atoms with van der Waals surface area (Å²) in [5.74, 6) is 0. The maximum absolute atomic E-state index is 4.98. The molecule has 0 amide bonds. The molecule has 5 rings (SSSR count). The summed E-state index contributed by atoms with van der Waals surface area (Å²) in [5.41, 5.74) is 5.00. The third kappa shape index (κ3) is 2.17. The van der Waals surface area contributed by atoms with Crippen molar-refractivity contribution in [2.75, 3.05) is 0 Å². The highest BCUT2D eigenvalue weighted by Crippen LogP contribution is 2.29. The van der Waals surface area contributed by atoms with Crippen LogP contribution >= 0.6 is 0 Å². The molecule has 0 spiro atoms. The molecule has 5 heterocycles. The molecule has 1 saturated heterocycles. The lowest BCUT2D eigenvalue weighted by molar-refractivity contribution is 0.473. The molecule has 8 bridgehead atoms. The molecular formula is C18H22N4. The molecule has 0 aromatic heterocycles. The van der Waals surface area contributed by atoms with Gasteiger partial charge < -0.3 is 10.6 Å². The van der Waals surface area contributed by atoms with E-state index in [0.717, 1.165) is 19.3 Å². The van der Waals surface area contributed by atoms with Crippen molar-refractivity contribution < 1.29 is 0 Å². The van der Waals surface area contributed by atoms with E-state index in [2.05, 4.69) is 34.9 Å². The minimum Gasteiger partial charge on any atom is -0.374 e. The number of rotatable bonds is 0. The van der Waals surface area contributed by atoms with Gasteiger partial charge in [0.05, 0.1) is 12.1 Å². The monoisotopic (exact) mass is 294 g/mol. The fourth-order valence-corrected chi connectivity index (χ4v) is 4.34. The molecule has 22 heavy (non-hydrogen) atoms. The lowest BCUT2D eigenvalue weighted by Crippen LogP contribution is -2.36. The molecule has 0 saturated carbocycles. The van der Waals surface area contributed by atoms with Crippen LogP contribution in [0.3, 0.4) is 0 Å². The van der Waals surface area contributed by atoms with Gasteiger partial charge in [-0.2, -0.15) is 0 Å². The van der Waals surface area contributed by atoms with Gasteiger partial charge in [0, 0.05) is 34.9 Å². The van der Waals surface area contributed by atoms with Crippen LogP contribution in [0.1, 0.15) is 38.5 Å². The van der Waals surface area contributed by atoms with Crippen LogP contribution in [0.4, 0.5) is 0 Å². The fraction of sp³-hybridized carbons (Fsp3) is 0.556. The Labute approximate surface area is 131 Å². The van der Waals surface area contributed by atoms with Crippen LogP contribution in [-0.4, -0.2) is 35.6 Å². The predicted molar refractivity (Wildman–Crippen MR) is 89.3 cm³/mol. The number of nitrogens with zero attached hydrogens (tertiary/aromatic N) is 2. The van der Waals surface area contributed by atoms with Crippen LogP contribution in [-0.2, 0) is 0 Å². The molecule has 4 unspecified atom stereocenters. The third-order valence-corrected chi connectivity index (χ3v) is 5.50. The van der Waals surface area contributed by atoms with Crippen molar-refractivity contribution in [2.24, 2.45) is 9.98 Å². The van der Waals surface area contributed by atoms with E-state index in [-0.39, 0.29) is 6.04 Å². The van der Waals surface area contributed by atoms with Crippen molar-refractivity contribution in [3.8, 4) is 0 Å². The van der Waals surface area contributed by atoms with Gasteiger partial charge in [0.2, 0.25) is 0 Å². The average molecular weight is 294 g/mol. The molecule has 0 radical (unpaired) electrons. The quantitative estimate of drug-likeness (QED) is 0.720. The van der Waals surface area contributed by atoms with Gasteiger partial charge in [-0.05, 0) is 56.8 Å². The molecule has 0 aliphatic carbocycles. The first-order chi connectivity index (χ1) is 10.8. The predicted octanol–water partition coefficient (Wildman–Crippen LogP) is 2.25. The largest absolute Gasteiger partial charge is 0.374 e. The topological polar surface area (TPSA) is 48.8 Å². The number of fused-ring (bicyclic) bond motifs is 8. The van der Waals surface area contributed by atoms with E-state index in [4.69, 9.17) is 9.98 Å². The zero-order chi connectivity index (χ0) is 14.5. The summed E-state index contributed by atoms with van der Waals surface area (Å²) in [5, 5.41) is 7.38. The van der Waals surface area contributed by atoms with E-state index >= 15 is 0 Å². The van der Waals surface area contributed by atoms with E-state index in [9.17, 15) is 0 Å². The molecule has 5 aliphatic heterocycles. The van der Waals surface area contributed by atoms with E-state index in [1.165, 1.54) is 42.1 Å². The second-order valence-electron chi connectivity index (χ2n) is 7.03. The summed E-state index contributed by atoms with van der Waals surface area (Å²) < 4.78 is 0. The second kappa shape index (κ2) is 4.92. The van der Waals surface area contributed by atoms with Gasteiger partial charge >= 0.3 is 0 Å². The maximum atomic E-state index is 4.98. The van der Waals surface area contributed by atoms with Crippen molar-refractivity contribution in [3.05, 3.63) is 35.7 Å². The molecule has 0 aromatic rings. The minimum atomic E-state index is 0.280. The van der Waals surface area contributed by atoms with E-state index in [1.54, 1.807) is 0 Å². The number of nitrogens with one attached hydrogen (secondary N) is 2. The SMILES string of the molecule is C1=CC2N/C1=C\C1=NC(CC1)C1CCC(/C=C3/CCC2=N3)N1. The Morgan fingerprint density at radius 2 is 2.09 bits per heavy atom. The highest BCUT2D eigenvalue weighted by Gasteiger charge is 2.33. The Hall–Kier alpha value is -1.68. The van der Waals surface area contributed by atoms with E-state index < -0.39 is 0 Å². The Morgan fingerprint density at radius 1 is 1.09 bits per heavy atom. The molecule has 1 fully saturated rings. The average Bonchev–Trinajstić information content (AvgIpc) is 3.24. The van der Waals surface area contributed by atoms with Gasteiger partial charge in [-0.1, -0.05) is 6.08 Å². The van der Waals surface area contributed by atoms with Crippen molar-refractivity contribution >= 4 is 11.4 Å². The summed E-state index contributed by atoms with van der Waals surface area (Å²) in [6, 6.07) is 1.78. The van der Waals surface area contributed by atoms with Crippen molar-refractivity contribution in [1.29, 1.82) is 0 Å². The molecular weight excluding hydrogens is 272 g/mol. The molecule has 4 nitrogen and oxygen atoms in total. The van der Waals surface area contributed by atoms with Gasteiger partial charge in [0.1, 0.15) is 0 Å². The number of allylic oxidation sites excluding steroid dienone is 3. The van der Waals surface area contributed by atoms with Gasteiger partial charge in [-0.3, -0.25) is 9.98 Å². The van der Waals surface area contributed by atoms with E-state index in [1.807, 2.05) is 0 Å². The Bertz CT molecular complexity index is 652. The summed E-state index contributed by atoms with van der Waals surface area (Å²) in [7, 11) is 0. The van der Waals surface area contributed by atoms with Gasteiger partial charge in [-0.15, -0.1) is 0 Å². The molecule has 5 aliphatic rings. The molecule has 0 aromatic carbocycles. The van der Waals surface area contributed by atoms with Crippen molar-refractivity contribution in [1.82, 2.24) is 10.6 Å². The number of hydrogen-bond donors (Lipinski definition) is 2. The summed E-state index contributed by atoms with van der Waals surface area (Å²) >= 11 is 0. The molecule has 2 N–H and O–H groups in total. The highest BCUT2D eigenvalue weighted by atomic mass is 15.0. The molecule has 4 heteroatoms. The fourth-order valence-electron chi connectivity index (χ4n) is 4.34. The van der Waals surface area contributed by atoms with Crippen LogP contribution in [0.5, 0.6) is 0 Å². The summed E-state index contributed by atoms with van der Waals surface area (Å²) in [6.07, 6.45) is 16.0. The van der Waals surface area contributed by atoms with Crippen LogP contribution < -0.4 is 10.6 Å². The molecule has 114 valence electrons. The van der Waals surface area contributed by atoms with Gasteiger partial charge in [0.25, 0.3) is 0 Å². The summed E-state index contributed by atoms with van der Waals surface area (Å²) in [6.45, 7) is 0. The van der Waals surface area contributed by atoms with Crippen LogP contribution in [0, 0.1) is 0 Å². The maximum Gasteiger partial charge on any atom is 0.0834 e. The van der Waals surface area contributed by atoms with Crippen LogP contribution in [0.15, 0.2) is 45.7 Å². The van der Waals surface area contributed by atoms with Crippen molar-refractivity contribution in [3.63, 3.8) is 0 Å². The minimum absolute atomic E-state index is 0.280. The number of aliphatic imine (C=N–C) groups is 2. The van der Waals surface area contributed by atoms with E-state index in [0.29, 0.717) is 18.1 Å². The first-order valence-electron chi connectivity index (χ1n) is 8.61. The Morgan fingerprint density at radius 3 is 3.09 bits per heavy atom. The summed E-state index contributed by atoms with van der Waals surface area (Å²) in [4.78, 5) is 9.87. The smallest absolute Gasteiger partial charge is 0.0834 e. The number of hydrogen-bond acceptors (Lipinski definition) is 4. The first-order valence-corrected chi connectivity index (χ1v) is 8.61. The zero-order valence-corrected chi connectivity index (χ0v) is 12.8. The standard InChI is InChI=1S/C18H22N4/c1-5-15-16-6-3-13(21-16)10-14-4-8-18(22-14)17-7-2-12(20-17)9-11(1)19-15/h1,5,9-10,14-15,17-19,22H,2-4,6-8H2/b11-9-,13-10-. The third-order valence-electron chi connectivity index (χ3n) is 5.50. The second-order valence-corrected chi connectivity index (χ2v) is 7.03. The van der Waals surface area contributed by atoms with Gasteiger partial charge in [-0.25, -0.2) is 0 Å². The normalized spacial score (nSPS) is 43.6. The molecule has 4 atom stereocenters. The zero-order valence-electron chi connectivity index (χ0n) is 12.8. The van der Waals surface area contributed by atoms with Crippen LogP contribution in [0.25, 0.3) is 0 Å². The van der Waals surface area contributed by atoms with Gasteiger partial charge in [0.15, 0.2) is 0 Å². The highest BCUT2D eigenvalue weighted by molar-refractivity contribution is 5.98. The first kappa shape index (κ1) is 12.8. The van der Waals surface area contributed by atoms with Crippen LogP contribution in [0.2, 0.25) is 0 Å². The lowest BCUT2D eigenvalue weighted by Gasteiger charge is -2.17.